The lowest BCUT2D eigenvalue weighted by Gasteiger charge is -2.36. The number of aromatic nitrogens is 3. The van der Waals surface area contributed by atoms with Gasteiger partial charge in [-0.25, -0.2) is 9.18 Å². The van der Waals surface area contributed by atoms with E-state index in [2.05, 4.69) is 20.0 Å². The molecular weight excluding hydrogens is 641 g/mol. The van der Waals surface area contributed by atoms with Crippen LogP contribution in [0.3, 0.4) is 0 Å². The predicted molar refractivity (Wildman–Crippen MR) is 187 cm³/mol. The molecule has 5 heterocycles. The molecule has 2 fully saturated rings. The van der Waals surface area contributed by atoms with Crippen molar-refractivity contribution in [2.45, 2.75) is 84.8 Å². The van der Waals surface area contributed by atoms with Gasteiger partial charge >= 0.3 is 12.0 Å². The van der Waals surface area contributed by atoms with Crippen LogP contribution in [0.2, 0.25) is 0 Å². The number of rotatable bonds is 8. The number of hydrogen-bond acceptors (Lipinski definition) is 10. The Labute approximate surface area is 292 Å². The molecule has 12 heteroatoms. The van der Waals surface area contributed by atoms with Gasteiger partial charge in [-0.1, -0.05) is 12.0 Å². The number of aliphatic carboxylic acids is 1. The Kier molecular flexibility index (Phi) is 9.46. The Bertz CT molecular complexity index is 1800. The number of fused-ring (bicyclic) bond motifs is 2. The number of benzene rings is 1. The first kappa shape index (κ1) is 34.6. The second-order valence-electron chi connectivity index (χ2n) is 15.1. The second kappa shape index (κ2) is 13.7. The van der Waals surface area contributed by atoms with Crippen molar-refractivity contribution >= 4 is 23.6 Å². The largest absolute Gasteiger partial charge is 0.490 e. The van der Waals surface area contributed by atoms with Crippen LogP contribution in [0.5, 0.6) is 5.75 Å². The summed E-state index contributed by atoms with van der Waals surface area (Å²) in [5.74, 6) is -0.500. The summed E-state index contributed by atoms with van der Waals surface area (Å²) in [5, 5.41) is 19.5. The third kappa shape index (κ3) is 6.65. The van der Waals surface area contributed by atoms with Crippen LogP contribution in [-0.2, 0) is 20.7 Å². The van der Waals surface area contributed by atoms with E-state index in [1.165, 1.54) is 6.07 Å². The van der Waals surface area contributed by atoms with Crippen molar-refractivity contribution in [1.82, 2.24) is 20.1 Å². The maximum absolute atomic E-state index is 15.8. The van der Waals surface area contributed by atoms with Gasteiger partial charge in [0.05, 0.1) is 17.9 Å². The van der Waals surface area contributed by atoms with Crippen LogP contribution in [0.4, 0.5) is 10.4 Å². The maximum Gasteiger partial charge on any atom is 0.337 e. The normalized spacial score (nSPS) is 20.7. The smallest absolute Gasteiger partial charge is 0.337 e. The summed E-state index contributed by atoms with van der Waals surface area (Å²) in [6.07, 6.45) is 4.30. The van der Waals surface area contributed by atoms with Gasteiger partial charge in [0.15, 0.2) is 17.7 Å². The van der Waals surface area contributed by atoms with E-state index in [4.69, 9.17) is 23.6 Å². The molecule has 0 bridgehead atoms. The Balaban J connectivity index is 1.26. The number of halogens is 1. The predicted octanol–water partition coefficient (Wildman–Crippen LogP) is 6.36. The number of carbonyl (C=O) groups is 1. The lowest BCUT2D eigenvalue weighted by Crippen LogP contribution is -2.48. The van der Waals surface area contributed by atoms with Gasteiger partial charge in [-0.15, -0.1) is 5.10 Å². The molecule has 1 unspecified atom stereocenters. The first-order valence-corrected chi connectivity index (χ1v) is 17.9. The molecule has 11 nitrogen and oxygen atoms in total. The summed E-state index contributed by atoms with van der Waals surface area (Å²) in [4.78, 5) is 22.6. The Morgan fingerprint density at radius 3 is 2.56 bits per heavy atom. The molecular formula is C38H48FN5O6. The van der Waals surface area contributed by atoms with Crippen molar-refractivity contribution in [2.75, 3.05) is 57.4 Å². The van der Waals surface area contributed by atoms with Crippen molar-refractivity contribution < 1.29 is 32.9 Å². The number of carboxylic acids is 1. The molecule has 7 rings (SSSR count). The average molecular weight is 690 g/mol. The summed E-state index contributed by atoms with van der Waals surface area (Å²) >= 11 is 0. The van der Waals surface area contributed by atoms with Gasteiger partial charge in [0, 0.05) is 79.8 Å². The fourth-order valence-electron chi connectivity index (χ4n) is 7.90. The van der Waals surface area contributed by atoms with E-state index in [-0.39, 0.29) is 11.7 Å². The highest BCUT2D eigenvalue weighted by Crippen LogP contribution is 2.50. The van der Waals surface area contributed by atoms with Gasteiger partial charge in [0.2, 0.25) is 5.89 Å². The monoisotopic (exact) mass is 689 g/mol. The van der Waals surface area contributed by atoms with E-state index in [1.807, 2.05) is 40.7 Å². The molecule has 0 spiro atoms. The fraction of sp³-hybridized carbons (Fsp3) is 0.579. The number of carboxylic acid groups (broad SMARTS) is 1. The third-order valence-corrected chi connectivity index (χ3v) is 10.5. The topological polar surface area (TPSA) is 123 Å². The molecule has 268 valence electrons. The number of piperazine rings is 1. The molecule has 4 aliphatic rings. The number of hydrogen-bond donors (Lipinski definition) is 1. The summed E-state index contributed by atoms with van der Waals surface area (Å²) in [7, 11) is 0. The van der Waals surface area contributed by atoms with Gasteiger partial charge < -0.3 is 28.6 Å². The first-order valence-electron chi connectivity index (χ1n) is 17.9. The average Bonchev–Trinajstić information content (AvgIpc) is 3.70. The Morgan fingerprint density at radius 2 is 1.86 bits per heavy atom. The van der Waals surface area contributed by atoms with E-state index in [9.17, 15) is 9.90 Å². The van der Waals surface area contributed by atoms with Crippen LogP contribution >= 0.6 is 0 Å². The molecule has 0 amide bonds. The Morgan fingerprint density at radius 1 is 1.12 bits per heavy atom. The minimum absolute atomic E-state index is 0.237. The minimum atomic E-state index is -1.34. The van der Waals surface area contributed by atoms with Crippen molar-refractivity contribution in [3.63, 3.8) is 0 Å². The zero-order chi connectivity index (χ0) is 35.3. The SMILES string of the molecule is Cc1nc2c(c(-c3cc(F)c4c(c3C)CCCO4)c1[C@H](OC(C)(C)C)C(=O)O)C=C(c1nnc(N3CCN(CC4CCOCC4)CC3)o1)C2C. The second-order valence-corrected chi connectivity index (χ2v) is 15.1. The quantitative estimate of drug-likeness (QED) is 0.284. The van der Waals surface area contributed by atoms with Crippen molar-refractivity contribution in [1.29, 1.82) is 0 Å². The van der Waals surface area contributed by atoms with Gasteiger partial charge in [0.25, 0.3) is 0 Å². The minimum Gasteiger partial charge on any atom is -0.490 e. The summed E-state index contributed by atoms with van der Waals surface area (Å²) in [6, 6.07) is 1.95. The summed E-state index contributed by atoms with van der Waals surface area (Å²) in [5.41, 5.74) is 5.21. The number of pyridine rings is 1. The van der Waals surface area contributed by atoms with E-state index in [0.29, 0.717) is 58.8 Å². The van der Waals surface area contributed by atoms with Gasteiger partial charge in [-0.05, 0) is 95.1 Å². The van der Waals surface area contributed by atoms with E-state index >= 15 is 4.39 Å². The van der Waals surface area contributed by atoms with Crippen molar-refractivity contribution in [3.05, 3.63) is 51.4 Å². The number of anilines is 1. The Hall–Kier alpha value is -3.87. The third-order valence-electron chi connectivity index (χ3n) is 10.5. The molecule has 1 aromatic carbocycles. The van der Waals surface area contributed by atoms with Gasteiger partial charge in [-0.3, -0.25) is 9.88 Å². The zero-order valence-corrected chi connectivity index (χ0v) is 30.0. The maximum atomic E-state index is 15.8. The molecule has 3 aliphatic heterocycles. The molecule has 2 aromatic heterocycles. The lowest BCUT2D eigenvalue weighted by atomic mass is 9.85. The van der Waals surface area contributed by atoms with E-state index in [0.717, 1.165) is 87.6 Å². The van der Waals surface area contributed by atoms with E-state index < -0.39 is 23.5 Å². The fourth-order valence-corrected chi connectivity index (χ4v) is 7.90. The molecule has 1 N–H and O–H groups in total. The number of allylic oxidation sites excluding steroid dienone is 1. The first-order chi connectivity index (χ1) is 23.9. The molecule has 0 radical (unpaired) electrons. The van der Waals surface area contributed by atoms with Crippen LogP contribution in [-0.4, -0.2) is 89.3 Å². The van der Waals surface area contributed by atoms with Gasteiger partial charge in [0.1, 0.15) is 0 Å². The van der Waals surface area contributed by atoms with Crippen LogP contribution in [0, 0.1) is 25.6 Å². The number of aryl methyl sites for hydroxylation is 1. The van der Waals surface area contributed by atoms with Gasteiger partial charge in [-0.2, -0.15) is 0 Å². The molecule has 0 saturated carbocycles. The van der Waals surface area contributed by atoms with Crippen LogP contribution in [0.1, 0.15) is 98.5 Å². The zero-order valence-electron chi connectivity index (χ0n) is 30.0. The highest BCUT2D eigenvalue weighted by atomic mass is 19.1. The van der Waals surface area contributed by atoms with E-state index in [1.54, 1.807) is 6.92 Å². The molecule has 2 atom stereocenters. The van der Waals surface area contributed by atoms with Crippen LogP contribution < -0.4 is 9.64 Å². The molecule has 2 saturated heterocycles. The number of nitrogens with zero attached hydrogens (tertiary/aromatic N) is 5. The lowest BCUT2D eigenvalue weighted by molar-refractivity contribution is -0.160. The molecule has 50 heavy (non-hydrogen) atoms. The molecule has 1 aliphatic carbocycles. The molecule has 3 aromatic rings. The van der Waals surface area contributed by atoms with Crippen LogP contribution in [0.25, 0.3) is 22.8 Å². The number of ether oxygens (including phenoxy) is 3. The van der Waals surface area contributed by atoms with Crippen molar-refractivity contribution in [3.8, 4) is 16.9 Å². The summed E-state index contributed by atoms with van der Waals surface area (Å²) < 4.78 is 39.6. The van der Waals surface area contributed by atoms with Crippen molar-refractivity contribution in [2.24, 2.45) is 5.92 Å². The highest BCUT2D eigenvalue weighted by Gasteiger charge is 2.38. The standard InChI is InChI=1S/C38H48FN5O6/c1-21-25-8-7-15-48-33(25)29(39)19-26(21)31-28-18-27(22(2)32(28)40-23(3)30(31)34(36(45)46)50-38(4,5)6)35-41-42-37(49-35)44-13-11-43(12-14-44)20-24-9-16-47-17-10-24/h18-19,22,24,34H,7-17,20H2,1-6H3,(H,45,46)/t22?,34-/m0/s1. The summed E-state index contributed by atoms with van der Waals surface area (Å²) in [6.45, 7) is 17.9. The highest BCUT2D eigenvalue weighted by molar-refractivity contribution is 5.96. The van der Waals surface area contributed by atoms with Crippen LogP contribution in [0.15, 0.2) is 10.5 Å².